The Hall–Kier alpha value is -1.80. The average molecular weight is 384 g/mol. The zero-order valence-electron chi connectivity index (χ0n) is 13.5. The third-order valence-electron chi connectivity index (χ3n) is 3.93. The summed E-state index contributed by atoms with van der Waals surface area (Å²) < 4.78 is 38.2. The fourth-order valence-electron chi connectivity index (χ4n) is 2.53. The van der Waals surface area contributed by atoms with Gasteiger partial charge in [0.15, 0.2) is 11.5 Å². The molecule has 1 aliphatic heterocycles. The third-order valence-corrected chi connectivity index (χ3v) is 5.90. The Labute approximate surface area is 151 Å². The van der Waals surface area contributed by atoms with Crippen molar-refractivity contribution < 1.29 is 23.0 Å². The Morgan fingerprint density at radius 3 is 2.68 bits per heavy atom. The summed E-state index contributed by atoms with van der Waals surface area (Å²) in [6.45, 7) is 2.38. The van der Waals surface area contributed by atoms with E-state index in [9.17, 15) is 13.5 Å². The van der Waals surface area contributed by atoms with Crippen molar-refractivity contribution in [2.45, 2.75) is 17.9 Å². The van der Waals surface area contributed by atoms with Gasteiger partial charge in [-0.15, -0.1) is 0 Å². The van der Waals surface area contributed by atoms with E-state index in [2.05, 4.69) is 4.72 Å². The van der Waals surface area contributed by atoms with Crippen molar-refractivity contribution in [1.82, 2.24) is 4.72 Å². The molecule has 0 spiro atoms. The highest BCUT2D eigenvalue weighted by Gasteiger charge is 2.21. The average Bonchev–Trinajstić information content (AvgIpc) is 2.61. The van der Waals surface area contributed by atoms with E-state index < -0.39 is 16.1 Å². The zero-order chi connectivity index (χ0) is 18.0. The van der Waals surface area contributed by atoms with Crippen molar-refractivity contribution in [3.63, 3.8) is 0 Å². The van der Waals surface area contributed by atoms with Gasteiger partial charge in [-0.25, -0.2) is 13.1 Å². The van der Waals surface area contributed by atoms with E-state index in [0.717, 1.165) is 0 Å². The van der Waals surface area contributed by atoms with Gasteiger partial charge in [0.1, 0.15) is 13.2 Å². The first-order valence-corrected chi connectivity index (χ1v) is 9.57. The molecule has 1 heterocycles. The quantitative estimate of drug-likeness (QED) is 0.828. The first-order valence-electron chi connectivity index (χ1n) is 7.71. The Kier molecular flexibility index (Phi) is 5.19. The van der Waals surface area contributed by atoms with Crippen molar-refractivity contribution in [3.8, 4) is 11.5 Å². The maximum absolute atomic E-state index is 12.4. The largest absolute Gasteiger partial charge is 0.486 e. The van der Waals surface area contributed by atoms with Gasteiger partial charge in [-0.2, -0.15) is 0 Å². The lowest BCUT2D eigenvalue weighted by molar-refractivity contribution is 0.165. The van der Waals surface area contributed by atoms with Crippen LogP contribution < -0.4 is 14.2 Å². The Morgan fingerprint density at radius 2 is 1.92 bits per heavy atom. The van der Waals surface area contributed by atoms with Crippen LogP contribution in [0, 0.1) is 6.92 Å². The Morgan fingerprint density at radius 1 is 1.20 bits per heavy atom. The lowest BCUT2D eigenvalue weighted by Gasteiger charge is -2.20. The van der Waals surface area contributed by atoms with Crippen LogP contribution in [0.25, 0.3) is 0 Å². The second kappa shape index (κ2) is 7.21. The van der Waals surface area contributed by atoms with Gasteiger partial charge in [0.2, 0.25) is 10.0 Å². The van der Waals surface area contributed by atoms with Gasteiger partial charge in [0.25, 0.3) is 0 Å². The summed E-state index contributed by atoms with van der Waals surface area (Å²) in [4.78, 5) is 0.0920. The molecule has 0 saturated heterocycles. The van der Waals surface area contributed by atoms with Gasteiger partial charge >= 0.3 is 0 Å². The van der Waals surface area contributed by atoms with Crippen LogP contribution in [0.1, 0.15) is 17.2 Å². The molecule has 1 aliphatic rings. The van der Waals surface area contributed by atoms with Crippen molar-refractivity contribution >= 4 is 21.6 Å². The summed E-state index contributed by atoms with van der Waals surface area (Å²) in [5.41, 5.74) is 1.00. The molecule has 3 rings (SSSR count). The number of aliphatic hydroxyl groups is 1. The van der Waals surface area contributed by atoms with Gasteiger partial charge in [0.05, 0.1) is 11.0 Å². The number of fused-ring (bicyclic) bond motifs is 1. The van der Waals surface area contributed by atoms with E-state index >= 15 is 0 Å². The van der Waals surface area contributed by atoms with E-state index in [4.69, 9.17) is 21.1 Å². The number of ether oxygens (including phenoxy) is 2. The first kappa shape index (κ1) is 18.0. The summed E-state index contributed by atoms with van der Waals surface area (Å²) in [6.07, 6.45) is -1.02. The molecule has 2 aromatic carbocycles. The van der Waals surface area contributed by atoms with Crippen LogP contribution in [0.4, 0.5) is 0 Å². The fraction of sp³-hybridized carbons (Fsp3) is 0.294. The van der Waals surface area contributed by atoms with Crippen LogP contribution in [0.15, 0.2) is 41.3 Å². The monoisotopic (exact) mass is 383 g/mol. The third kappa shape index (κ3) is 3.90. The SMILES string of the molecule is Cc1c(Cl)cccc1S(=O)(=O)NC[C@@H](O)c1ccc2c(c1)OCCO2. The van der Waals surface area contributed by atoms with Crippen LogP contribution in [0.5, 0.6) is 11.5 Å². The number of benzene rings is 2. The molecular weight excluding hydrogens is 366 g/mol. The Balaban J connectivity index is 1.73. The van der Waals surface area contributed by atoms with Crippen molar-refractivity contribution in [2.75, 3.05) is 19.8 Å². The number of rotatable bonds is 5. The molecule has 0 amide bonds. The standard InChI is InChI=1S/C17H18ClNO5S/c1-11-13(18)3-2-4-17(11)25(21,22)19-10-14(20)12-5-6-15-16(9-12)24-8-7-23-15/h2-6,9,14,19-20H,7-8,10H2,1H3/t14-/m1/s1. The van der Waals surface area contributed by atoms with Crippen molar-refractivity contribution in [2.24, 2.45) is 0 Å². The fourth-order valence-corrected chi connectivity index (χ4v) is 4.06. The summed E-state index contributed by atoms with van der Waals surface area (Å²) >= 11 is 5.98. The Bertz CT molecular complexity index is 885. The van der Waals surface area contributed by atoms with E-state index in [0.29, 0.717) is 40.9 Å². The van der Waals surface area contributed by atoms with Gasteiger partial charge < -0.3 is 14.6 Å². The van der Waals surface area contributed by atoms with Gasteiger partial charge in [-0.3, -0.25) is 0 Å². The highest BCUT2D eigenvalue weighted by Crippen LogP contribution is 2.32. The molecule has 0 aromatic heterocycles. The molecule has 25 heavy (non-hydrogen) atoms. The minimum Gasteiger partial charge on any atom is -0.486 e. The molecule has 0 radical (unpaired) electrons. The lowest BCUT2D eigenvalue weighted by atomic mass is 10.1. The van der Waals surface area contributed by atoms with Crippen LogP contribution in [0.3, 0.4) is 0 Å². The summed E-state index contributed by atoms with van der Waals surface area (Å²) in [6, 6.07) is 9.69. The molecule has 0 fully saturated rings. The molecule has 134 valence electrons. The van der Waals surface area contributed by atoms with Gasteiger partial charge in [-0.1, -0.05) is 23.7 Å². The van der Waals surface area contributed by atoms with Crippen LogP contribution in [0.2, 0.25) is 5.02 Å². The van der Waals surface area contributed by atoms with Crippen LogP contribution in [-0.2, 0) is 10.0 Å². The van der Waals surface area contributed by atoms with Gasteiger partial charge in [-0.05, 0) is 42.3 Å². The molecule has 2 N–H and O–H groups in total. The van der Waals surface area contributed by atoms with Crippen molar-refractivity contribution in [3.05, 3.63) is 52.5 Å². The highest BCUT2D eigenvalue weighted by molar-refractivity contribution is 7.89. The molecular formula is C17H18ClNO5S. The number of aliphatic hydroxyl groups excluding tert-OH is 1. The van der Waals surface area contributed by atoms with E-state index in [1.54, 1.807) is 37.3 Å². The molecule has 8 heteroatoms. The second-order valence-electron chi connectivity index (χ2n) is 5.63. The van der Waals surface area contributed by atoms with E-state index in [-0.39, 0.29) is 11.4 Å². The van der Waals surface area contributed by atoms with Gasteiger partial charge in [0, 0.05) is 11.6 Å². The number of hydrogen-bond acceptors (Lipinski definition) is 5. The molecule has 0 saturated carbocycles. The van der Waals surface area contributed by atoms with Crippen LogP contribution in [-0.4, -0.2) is 33.3 Å². The maximum Gasteiger partial charge on any atom is 0.240 e. The lowest BCUT2D eigenvalue weighted by Crippen LogP contribution is -2.29. The highest BCUT2D eigenvalue weighted by atomic mass is 35.5. The predicted octanol–water partition coefficient (Wildman–Crippen LogP) is 2.43. The van der Waals surface area contributed by atoms with Crippen LogP contribution >= 0.6 is 11.6 Å². The van der Waals surface area contributed by atoms with E-state index in [1.807, 2.05) is 0 Å². The van der Waals surface area contributed by atoms with Crippen molar-refractivity contribution in [1.29, 1.82) is 0 Å². The summed E-state index contributed by atoms with van der Waals surface area (Å²) in [5, 5.41) is 10.7. The number of sulfonamides is 1. The molecule has 0 bridgehead atoms. The maximum atomic E-state index is 12.4. The number of hydrogen-bond donors (Lipinski definition) is 2. The normalized spacial score (nSPS) is 15.0. The first-order chi connectivity index (χ1) is 11.9. The smallest absolute Gasteiger partial charge is 0.240 e. The zero-order valence-corrected chi connectivity index (χ0v) is 15.1. The summed E-state index contributed by atoms with van der Waals surface area (Å²) in [7, 11) is -3.78. The molecule has 6 nitrogen and oxygen atoms in total. The van der Waals surface area contributed by atoms with E-state index in [1.165, 1.54) is 6.07 Å². The molecule has 1 atom stereocenters. The second-order valence-corrected chi connectivity index (χ2v) is 7.78. The summed E-state index contributed by atoms with van der Waals surface area (Å²) in [5.74, 6) is 1.15. The predicted molar refractivity (Wildman–Crippen MR) is 93.8 cm³/mol. The topological polar surface area (TPSA) is 84.9 Å². The molecule has 2 aromatic rings. The molecule has 0 aliphatic carbocycles. The number of nitrogens with one attached hydrogen (secondary N) is 1. The minimum absolute atomic E-state index is 0.0920. The number of halogens is 1. The molecule has 0 unspecified atom stereocenters. The minimum atomic E-state index is -3.78.